The third kappa shape index (κ3) is 6.17. The van der Waals surface area contributed by atoms with Gasteiger partial charge in [0, 0.05) is 16.7 Å². The van der Waals surface area contributed by atoms with Gasteiger partial charge in [-0.1, -0.05) is 15.9 Å². The quantitative estimate of drug-likeness (QED) is 0.532. The monoisotopic (exact) mass is 435 g/mol. The van der Waals surface area contributed by atoms with Crippen LogP contribution in [0.25, 0.3) is 0 Å². The standard InChI is InChI=1S/C21H26BrNO4/c1-5-25-19-11-16(18(22)12-20(19)27-14(3)4)13-23-17-9-7-15(8-10-17)21(24)26-6-2/h7-12,14,23H,5-6,13H2,1-4H3. The van der Waals surface area contributed by atoms with E-state index in [-0.39, 0.29) is 12.1 Å². The molecule has 0 spiro atoms. The molecule has 2 aromatic rings. The smallest absolute Gasteiger partial charge is 0.338 e. The Morgan fingerprint density at radius 2 is 1.78 bits per heavy atom. The molecular formula is C21H26BrNO4. The number of carbonyl (C=O) groups is 1. The third-order valence-electron chi connectivity index (χ3n) is 3.65. The van der Waals surface area contributed by atoms with E-state index in [0.29, 0.717) is 25.3 Å². The number of hydrogen-bond acceptors (Lipinski definition) is 5. The molecule has 0 bridgehead atoms. The van der Waals surface area contributed by atoms with Crippen LogP contribution in [0.3, 0.4) is 0 Å². The van der Waals surface area contributed by atoms with Crippen LogP contribution in [0, 0.1) is 0 Å². The van der Waals surface area contributed by atoms with Crippen molar-refractivity contribution in [2.45, 2.75) is 40.3 Å². The number of esters is 1. The molecule has 0 saturated heterocycles. The third-order valence-corrected chi connectivity index (χ3v) is 4.39. The summed E-state index contributed by atoms with van der Waals surface area (Å²) < 4.78 is 17.5. The number of hydrogen-bond donors (Lipinski definition) is 1. The van der Waals surface area contributed by atoms with Gasteiger partial charge in [0.2, 0.25) is 0 Å². The Bertz CT molecular complexity index is 760. The molecule has 6 heteroatoms. The van der Waals surface area contributed by atoms with Crippen LogP contribution < -0.4 is 14.8 Å². The van der Waals surface area contributed by atoms with Gasteiger partial charge in [0.25, 0.3) is 0 Å². The molecule has 5 nitrogen and oxygen atoms in total. The highest BCUT2D eigenvalue weighted by Gasteiger charge is 2.12. The van der Waals surface area contributed by atoms with Crippen LogP contribution in [0.2, 0.25) is 0 Å². The molecule has 0 saturated carbocycles. The minimum absolute atomic E-state index is 0.0676. The number of halogens is 1. The van der Waals surface area contributed by atoms with E-state index in [1.165, 1.54) is 0 Å². The first-order chi connectivity index (χ1) is 12.9. The largest absolute Gasteiger partial charge is 0.490 e. The first kappa shape index (κ1) is 21.1. The Labute approximate surface area is 169 Å². The van der Waals surface area contributed by atoms with E-state index in [2.05, 4.69) is 21.2 Å². The van der Waals surface area contributed by atoms with Crippen molar-refractivity contribution < 1.29 is 19.0 Å². The molecule has 0 fully saturated rings. The Morgan fingerprint density at radius 3 is 2.37 bits per heavy atom. The maximum Gasteiger partial charge on any atom is 0.338 e. The van der Waals surface area contributed by atoms with Crippen molar-refractivity contribution in [1.82, 2.24) is 0 Å². The number of rotatable bonds is 9. The van der Waals surface area contributed by atoms with E-state index in [1.54, 1.807) is 19.1 Å². The SMILES string of the molecule is CCOC(=O)c1ccc(NCc2cc(OCC)c(OC(C)C)cc2Br)cc1. The van der Waals surface area contributed by atoms with Crippen molar-refractivity contribution in [3.63, 3.8) is 0 Å². The van der Waals surface area contributed by atoms with Crippen molar-refractivity contribution in [2.75, 3.05) is 18.5 Å². The minimum atomic E-state index is -0.311. The predicted octanol–water partition coefficient (Wildman–Crippen LogP) is 5.42. The van der Waals surface area contributed by atoms with Crippen molar-refractivity contribution in [2.24, 2.45) is 0 Å². The number of anilines is 1. The second-order valence-electron chi connectivity index (χ2n) is 6.14. The predicted molar refractivity (Wildman–Crippen MR) is 111 cm³/mol. The highest BCUT2D eigenvalue weighted by molar-refractivity contribution is 9.10. The summed E-state index contributed by atoms with van der Waals surface area (Å²) >= 11 is 3.61. The van der Waals surface area contributed by atoms with Gasteiger partial charge in [0.15, 0.2) is 11.5 Å². The van der Waals surface area contributed by atoms with Crippen LogP contribution in [-0.4, -0.2) is 25.3 Å². The second kappa shape index (κ2) is 10.2. The average molecular weight is 436 g/mol. The molecular weight excluding hydrogens is 410 g/mol. The fraction of sp³-hybridized carbons (Fsp3) is 0.381. The lowest BCUT2D eigenvalue weighted by Gasteiger charge is -2.17. The van der Waals surface area contributed by atoms with Crippen molar-refractivity contribution in [1.29, 1.82) is 0 Å². The summed E-state index contributed by atoms with van der Waals surface area (Å²) in [6.45, 7) is 9.24. The van der Waals surface area contributed by atoms with Crippen molar-refractivity contribution >= 4 is 27.6 Å². The van der Waals surface area contributed by atoms with Gasteiger partial charge in [-0.3, -0.25) is 0 Å². The van der Waals surface area contributed by atoms with Gasteiger partial charge in [-0.15, -0.1) is 0 Å². The molecule has 0 aliphatic heterocycles. The summed E-state index contributed by atoms with van der Waals surface area (Å²) in [7, 11) is 0. The molecule has 2 aromatic carbocycles. The second-order valence-corrected chi connectivity index (χ2v) is 7.00. The van der Waals surface area contributed by atoms with Crippen LogP contribution >= 0.6 is 15.9 Å². The molecule has 0 atom stereocenters. The number of carbonyl (C=O) groups excluding carboxylic acids is 1. The number of nitrogens with one attached hydrogen (secondary N) is 1. The van der Waals surface area contributed by atoms with Gasteiger partial charge in [-0.2, -0.15) is 0 Å². The molecule has 0 heterocycles. The Kier molecular flexibility index (Phi) is 7.98. The van der Waals surface area contributed by atoms with Gasteiger partial charge in [0.1, 0.15) is 0 Å². The summed E-state index contributed by atoms with van der Waals surface area (Å²) in [5.41, 5.74) is 2.50. The summed E-state index contributed by atoms with van der Waals surface area (Å²) in [5, 5.41) is 3.35. The van der Waals surface area contributed by atoms with Crippen molar-refractivity contribution in [3.05, 3.63) is 52.0 Å². The summed E-state index contributed by atoms with van der Waals surface area (Å²) in [6, 6.07) is 11.1. The van der Waals surface area contributed by atoms with E-state index in [4.69, 9.17) is 14.2 Å². The molecule has 146 valence electrons. The zero-order chi connectivity index (χ0) is 19.8. The van der Waals surface area contributed by atoms with Crippen LogP contribution in [0.4, 0.5) is 5.69 Å². The Morgan fingerprint density at radius 1 is 1.07 bits per heavy atom. The summed E-state index contributed by atoms with van der Waals surface area (Å²) in [4.78, 5) is 11.7. The number of benzene rings is 2. The maximum absolute atomic E-state index is 11.7. The Balaban J connectivity index is 2.10. The van der Waals surface area contributed by atoms with Gasteiger partial charge in [-0.05, 0) is 69.7 Å². The van der Waals surface area contributed by atoms with Crippen LogP contribution in [0.15, 0.2) is 40.9 Å². The maximum atomic E-state index is 11.7. The molecule has 0 aliphatic carbocycles. The zero-order valence-corrected chi connectivity index (χ0v) is 17.8. The lowest BCUT2D eigenvalue weighted by Crippen LogP contribution is -2.09. The van der Waals surface area contributed by atoms with Crippen molar-refractivity contribution in [3.8, 4) is 11.5 Å². The molecule has 1 N–H and O–H groups in total. The molecule has 0 radical (unpaired) electrons. The van der Waals surface area contributed by atoms with Crippen LogP contribution in [0.5, 0.6) is 11.5 Å². The first-order valence-corrected chi connectivity index (χ1v) is 9.86. The molecule has 0 aliphatic rings. The van der Waals surface area contributed by atoms with Crippen LogP contribution in [0.1, 0.15) is 43.6 Å². The zero-order valence-electron chi connectivity index (χ0n) is 16.2. The molecule has 0 aromatic heterocycles. The van der Waals surface area contributed by atoms with E-state index in [0.717, 1.165) is 27.2 Å². The van der Waals surface area contributed by atoms with E-state index in [1.807, 2.05) is 45.0 Å². The topological polar surface area (TPSA) is 56.8 Å². The Hall–Kier alpha value is -2.21. The summed E-state index contributed by atoms with van der Waals surface area (Å²) in [6.07, 6.45) is 0.0676. The number of ether oxygens (including phenoxy) is 3. The van der Waals surface area contributed by atoms with Gasteiger partial charge >= 0.3 is 5.97 Å². The highest BCUT2D eigenvalue weighted by Crippen LogP contribution is 2.35. The normalized spacial score (nSPS) is 10.6. The fourth-order valence-electron chi connectivity index (χ4n) is 2.46. The molecule has 2 rings (SSSR count). The minimum Gasteiger partial charge on any atom is -0.490 e. The molecule has 27 heavy (non-hydrogen) atoms. The van der Waals surface area contributed by atoms with Gasteiger partial charge in [0.05, 0.1) is 24.9 Å². The van der Waals surface area contributed by atoms with E-state index >= 15 is 0 Å². The first-order valence-electron chi connectivity index (χ1n) is 9.07. The average Bonchev–Trinajstić information content (AvgIpc) is 2.63. The highest BCUT2D eigenvalue weighted by atomic mass is 79.9. The van der Waals surface area contributed by atoms with Crippen LogP contribution in [-0.2, 0) is 11.3 Å². The lowest BCUT2D eigenvalue weighted by atomic mass is 10.1. The van der Waals surface area contributed by atoms with Gasteiger partial charge < -0.3 is 19.5 Å². The molecule has 0 unspecified atom stereocenters. The van der Waals surface area contributed by atoms with E-state index < -0.39 is 0 Å². The van der Waals surface area contributed by atoms with E-state index in [9.17, 15) is 4.79 Å². The molecule has 0 amide bonds. The summed E-state index contributed by atoms with van der Waals surface area (Å²) in [5.74, 6) is 1.14. The van der Waals surface area contributed by atoms with Gasteiger partial charge in [-0.25, -0.2) is 4.79 Å². The fourth-order valence-corrected chi connectivity index (χ4v) is 2.93. The lowest BCUT2D eigenvalue weighted by molar-refractivity contribution is 0.0526.